The predicted octanol–water partition coefficient (Wildman–Crippen LogP) is 3.46. The lowest BCUT2D eigenvalue weighted by atomic mass is 10.1. The van der Waals surface area contributed by atoms with Crippen LogP contribution in [0.3, 0.4) is 0 Å². The van der Waals surface area contributed by atoms with Crippen molar-refractivity contribution in [3.05, 3.63) is 39.7 Å². The molecule has 1 aliphatic rings. The summed E-state index contributed by atoms with van der Waals surface area (Å²) in [5.74, 6) is 0.919. The SMILES string of the molecule is NCCc1cc2c(s1)-c1cc(Cl)ccc1OC2. The fourth-order valence-corrected chi connectivity index (χ4v) is 3.42. The van der Waals surface area contributed by atoms with E-state index >= 15 is 0 Å². The molecule has 0 aliphatic carbocycles. The first-order valence-corrected chi connectivity index (χ1v) is 6.72. The molecule has 2 aromatic rings. The van der Waals surface area contributed by atoms with E-state index < -0.39 is 0 Å². The fourth-order valence-electron chi connectivity index (χ4n) is 2.05. The molecule has 1 aromatic heterocycles. The van der Waals surface area contributed by atoms with Crippen LogP contribution in [-0.2, 0) is 13.0 Å². The number of thiophene rings is 1. The Kier molecular flexibility index (Phi) is 2.82. The van der Waals surface area contributed by atoms with E-state index in [1.807, 2.05) is 18.2 Å². The minimum atomic E-state index is 0.644. The van der Waals surface area contributed by atoms with Gasteiger partial charge < -0.3 is 10.5 Å². The Morgan fingerprint density at radius 1 is 1.35 bits per heavy atom. The topological polar surface area (TPSA) is 35.2 Å². The number of fused-ring (bicyclic) bond motifs is 3. The third-order valence-corrected chi connectivity index (χ3v) is 4.33. The Morgan fingerprint density at radius 3 is 3.06 bits per heavy atom. The molecule has 0 unspecified atom stereocenters. The van der Waals surface area contributed by atoms with Gasteiger partial charge in [0, 0.05) is 25.9 Å². The number of hydrogen-bond acceptors (Lipinski definition) is 3. The highest BCUT2D eigenvalue weighted by molar-refractivity contribution is 7.15. The van der Waals surface area contributed by atoms with Crippen molar-refractivity contribution in [1.82, 2.24) is 0 Å². The molecule has 1 aromatic carbocycles. The highest BCUT2D eigenvalue weighted by Gasteiger charge is 2.20. The smallest absolute Gasteiger partial charge is 0.128 e. The van der Waals surface area contributed by atoms with Crippen LogP contribution in [0.5, 0.6) is 5.75 Å². The second-order valence-electron chi connectivity index (χ2n) is 4.03. The molecule has 0 saturated carbocycles. The molecule has 0 bridgehead atoms. The zero-order chi connectivity index (χ0) is 11.8. The van der Waals surface area contributed by atoms with Gasteiger partial charge in [-0.1, -0.05) is 11.6 Å². The molecule has 0 fully saturated rings. The molecular weight excluding hydrogens is 254 g/mol. The van der Waals surface area contributed by atoms with Crippen molar-refractivity contribution in [3.8, 4) is 16.2 Å². The van der Waals surface area contributed by atoms with Crippen molar-refractivity contribution >= 4 is 22.9 Å². The maximum atomic E-state index is 6.04. The molecule has 2 heterocycles. The summed E-state index contributed by atoms with van der Waals surface area (Å²) in [5.41, 5.74) is 7.94. The lowest BCUT2D eigenvalue weighted by Crippen LogP contribution is -2.02. The molecule has 17 heavy (non-hydrogen) atoms. The van der Waals surface area contributed by atoms with Crippen LogP contribution in [-0.4, -0.2) is 6.54 Å². The molecule has 0 atom stereocenters. The van der Waals surface area contributed by atoms with Crippen molar-refractivity contribution in [3.63, 3.8) is 0 Å². The molecule has 0 radical (unpaired) electrons. The zero-order valence-electron chi connectivity index (χ0n) is 9.20. The highest BCUT2D eigenvalue weighted by atomic mass is 35.5. The van der Waals surface area contributed by atoms with Crippen LogP contribution in [0.2, 0.25) is 5.02 Å². The minimum absolute atomic E-state index is 0.644. The van der Waals surface area contributed by atoms with Gasteiger partial charge in [0.05, 0.1) is 0 Å². The summed E-state index contributed by atoms with van der Waals surface area (Å²) in [6, 6.07) is 7.96. The van der Waals surface area contributed by atoms with E-state index in [-0.39, 0.29) is 0 Å². The molecular formula is C13H12ClNOS. The van der Waals surface area contributed by atoms with Crippen molar-refractivity contribution in [2.75, 3.05) is 6.54 Å². The van der Waals surface area contributed by atoms with Gasteiger partial charge in [0.2, 0.25) is 0 Å². The second kappa shape index (κ2) is 4.33. The van der Waals surface area contributed by atoms with Crippen LogP contribution < -0.4 is 10.5 Å². The number of nitrogens with two attached hydrogens (primary N) is 1. The van der Waals surface area contributed by atoms with Gasteiger partial charge in [-0.15, -0.1) is 11.3 Å². The van der Waals surface area contributed by atoms with Gasteiger partial charge in [0.15, 0.2) is 0 Å². The maximum Gasteiger partial charge on any atom is 0.128 e. The van der Waals surface area contributed by atoms with Crippen molar-refractivity contribution in [1.29, 1.82) is 0 Å². The van der Waals surface area contributed by atoms with Crippen LogP contribution in [0.4, 0.5) is 0 Å². The van der Waals surface area contributed by atoms with E-state index in [1.165, 1.54) is 15.3 Å². The molecule has 2 N–H and O–H groups in total. The van der Waals surface area contributed by atoms with Crippen molar-refractivity contribution in [2.24, 2.45) is 5.73 Å². The minimum Gasteiger partial charge on any atom is -0.488 e. The Hall–Kier alpha value is -1.03. The largest absolute Gasteiger partial charge is 0.488 e. The van der Waals surface area contributed by atoms with Crippen LogP contribution in [0.25, 0.3) is 10.4 Å². The Balaban J connectivity index is 2.11. The monoisotopic (exact) mass is 265 g/mol. The first-order valence-electron chi connectivity index (χ1n) is 5.52. The lowest BCUT2D eigenvalue weighted by Gasteiger charge is -2.17. The van der Waals surface area contributed by atoms with E-state index in [1.54, 1.807) is 11.3 Å². The van der Waals surface area contributed by atoms with E-state index in [4.69, 9.17) is 22.1 Å². The molecule has 0 spiro atoms. The first kappa shape index (κ1) is 11.1. The van der Waals surface area contributed by atoms with Gasteiger partial charge in [0.25, 0.3) is 0 Å². The normalized spacial score (nSPS) is 12.8. The van der Waals surface area contributed by atoms with Gasteiger partial charge >= 0.3 is 0 Å². The number of hydrogen-bond donors (Lipinski definition) is 1. The van der Waals surface area contributed by atoms with Crippen LogP contribution in [0, 0.1) is 0 Å². The fraction of sp³-hybridized carbons (Fsp3) is 0.231. The molecule has 0 saturated heterocycles. The zero-order valence-corrected chi connectivity index (χ0v) is 10.8. The van der Waals surface area contributed by atoms with Crippen molar-refractivity contribution < 1.29 is 4.74 Å². The first-order chi connectivity index (χ1) is 8.28. The van der Waals surface area contributed by atoms with Crippen LogP contribution >= 0.6 is 22.9 Å². The summed E-state index contributed by atoms with van der Waals surface area (Å²) in [6.07, 6.45) is 0.924. The highest BCUT2D eigenvalue weighted by Crippen LogP contribution is 2.43. The van der Waals surface area contributed by atoms with Gasteiger partial charge in [-0.3, -0.25) is 0 Å². The van der Waals surface area contributed by atoms with Gasteiger partial charge in [-0.2, -0.15) is 0 Å². The standard InChI is InChI=1S/C13H12ClNOS/c14-9-1-2-12-11(6-9)13-8(7-16-12)5-10(17-13)3-4-15/h1-2,5-6H,3-4,7,15H2. The molecule has 4 heteroatoms. The number of rotatable bonds is 2. The maximum absolute atomic E-state index is 6.04. The van der Waals surface area contributed by atoms with E-state index in [0.29, 0.717) is 13.2 Å². The quantitative estimate of drug-likeness (QED) is 0.903. The lowest BCUT2D eigenvalue weighted by molar-refractivity contribution is 0.303. The van der Waals surface area contributed by atoms with E-state index in [2.05, 4.69) is 6.07 Å². The summed E-state index contributed by atoms with van der Waals surface area (Å²) in [6.45, 7) is 1.33. The number of ether oxygens (including phenoxy) is 1. The average molecular weight is 266 g/mol. The van der Waals surface area contributed by atoms with Crippen molar-refractivity contribution in [2.45, 2.75) is 13.0 Å². The third kappa shape index (κ3) is 1.95. The summed E-state index contributed by atoms with van der Waals surface area (Å²) in [5, 5.41) is 0.744. The summed E-state index contributed by atoms with van der Waals surface area (Å²) in [7, 11) is 0. The average Bonchev–Trinajstić information content (AvgIpc) is 2.72. The van der Waals surface area contributed by atoms with Gasteiger partial charge in [-0.05, 0) is 37.2 Å². The summed E-state index contributed by atoms with van der Waals surface area (Å²) >= 11 is 7.83. The Bertz CT molecular complexity index is 565. The van der Waals surface area contributed by atoms with Crippen LogP contribution in [0.15, 0.2) is 24.3 Å². The second-order valence-corrected chi connectivity index (χ2v) is 5.61. The Labute approximate surface area is 109 Å². The van der Waals surface area contributed by atoms with E-state index in [9.17, 15) is 0 Å². The molecule has 0 amide bonds. The molecule has 2 nitrogen and oxygen atoms in total. The number of halogens is 1. The van der Waals surface area contributed by atoms with Gasteiger partial charge in [0.1, 0.15) is 12.4 Å². The Morgan fingerprint density at radius 2 is 2.24 bits per heavy atom. The molecule has 88 valence electrons. The van der Waals surface area contributed by atoms with Crippen LogP contribution in [0.1, 0.15) is 10.4 Å². The summed E-state index contributed by atoms with van der Waals surface area (Å²) < 4.78 is 5.71. The number of benzene rings is 1. The molecule has 1 aliphatic heterocycles. The summed E-state index contributed by atoms with van der Waals surface area (Å²) in [4.78, 5) is 2.59. The van der Waals surface area contributed by atoms with Gasteiger partial charge in [-0.25, -0.2) is 0 Å². The molecule has 3 rings (SSSR count). The predicted molar refractivity (Wildman–Crippen MR) is 71.9 cm³/mol. The third-order valence-electron chi connectivity index (χ3n) is 2.82. The van der Waals surface area contributed by atoms with E-state index in [0.717, 1.165) is 22.8 Å².